The van der Waals surface area contributed by atoms with E-state index in [0.29, 0.717) is 13.1 Å². The van der Waals surface area contributed by atoms with E-state index < -0.39 is 0 Å². The van der Waals surface area contributed by atoms with Gasteiger partial charge in [-0.15, -0.1) is 0 Å². The van der Waals surface area contributed by atoms with Gasteiger partial charge >= 0.3 is 0 Å². The lowest BCUT2D eigenvalue weighted by Gasteiger charge is -2.11. The van der Waals surface area contributed by atoms with Crippen LogP contribution in [0.1, 0.15) is 22.3 Å². The summed E-state index contributed by atoms with van der Waals surface area (Å²) < 4.78 is 0. The summed E-state index contributed by atoms with van der Waals surface area (Å²) in [6.45, 7) is 5.26. The fourth-order valence-electron chi connectivity index (χ4n) is 1.99. The van der Waals surface area contributed by atoms with Crippen molar-refractivity contribution in [3.05, 3.63) is 77.4 Å². The molecule has 0 radical (unpaired) electrons. The summed E-state index contributed by atoms with van der Waals surface area (Å²) >= 11 is 0. The summed E-state index contributed by atoms with van der Waals surface area (Å²) in [6.07, 6.45) is 0. The average molecular weight is 238 g/mol. The van der Waals surface area contributed by atoms with Crippen molar-refractivity contribution in [2.75, 3.05) is 0 Å². The fourth-order valence-corrected chi connectivity index (χ4v) is 1.99. The van der Waals surface area contributed by atoms with Crippen molar-refractivity contribution in [3.63, 3.8) is 0 Å². The highest BCUT2D eigenvalue weighted by molar-refractivity contribution is 5.79. The third kappa shape index (κ3) is 2.50. The van der Waals surface area contributed by atoms with Crippen LogP contribution >= 0.6 is 0 Å². The third-order valence-electron chi connectivity index (χ3n) is 3.10. The van der Waals surface area contributed by atoms with Gasteiger partial charge in [-0.2, -0.15) is 0 Å². The molecule has 0 aromatic heterocycles. The minimum atomic E-state index is 0.524. The summed E-state index contributed by atoms with van der Waals surface area (Å²) in [5.74, 6) is 0. The Balaban J connectivity index is 2.35. The monoisotopic (exact) mass is 238 g/mol. The molecule has 0 aliphatic rings. The zero-order chi connectivity index (χ0) is 13.0. The molecule has 0 saturated heterocycles. The van der Waals surface area contributed by atoms with Gasteiger partial charge in [0.2, 0.25) is 0 Å². The first-order valence-corrected chi connectivity index (χ1v) is 6.03. The highest BCUT2D eigenvalue weighted by Crippen LogP contribution is 2.24. The largest absolute Gasteiger partial charge is 0.326 e. The van der Waals surface area contributed by atoms with Crippen LogP contribution in [0.4, 0.5) is 0 Å². The van der Waals surface area contributed by atoms with E-state index in [0.717, 1.165) is 27.8 Å². The maximum absolute atomic E-state index is 5.75. The predicted octanol–water partition coefficient (Wildman–Crippen LogP) is 2.67. The Morgan fingerprint density at radius 3 is 2.17 bits per heavy atom. The van der Waals surface area contributed by atoms with Crippen LogP contribution < -0.4 is 11.5 Å². The summed E-state index contributed by atoms with van der Waals surface area (Å²) in [4.78, 5) is 0. The molecule has 0 heterocycles. The van der Waals surface area contributed by atoms with Gasteiger partial charge in [-0.05, 0) is 27.8 Å². The van der Waals surface area contributed by atoms with E-state index in [9.17, 15) is 0 Å². The molecule has 18 heavy (non-hydrogen) atoms. The van der Waals surface area contributed by atoms with Crippen molar-refractivity contribution in [2.24, 2.45) is 11.5 Å². The second kappa shape index (κ2) is 5.63. The van der Waals surface area contributed by atoms with Crippen molar-refractivity contribution in [3.8, 4) is 0 Å². The average Bonchev–Trinajstić information content (AvgIpc) is 2.46. The molecule has 0 amide bonds. The van der Waals surface area contributed by atoms with Gasteiger partial charge in [-0.1, -0.05) is 55.1 Å². The van der Waals surface area contributed by atoms with Crippen LogP contribution in [0.2, 0.25) is 0 Å². The van der Waals surface area contributed by atoms with Crippen LogP contribution in [0.15, 0.2) is 55.1 Å². The summed E-state index contributed by atoms with van der Waals surface area (Å²) in [6, 6.07) is 16.3. The number of benzene rings is 2. The van der Waals surface area contributed by atoms with E-state index in [1.165, 1.54) is 0 Å². The predicted molar refractivity (Wildman–Crippen MR) is 76.8 cm³/mol. The summed E-state index contributed by atoms with van der Waals surface area (Å²) in [7, 11) is 0. The summed E-state index contributed by atoms with van der Waals surface area (Å²) in [5, 5.41) is 0. The Labute approximate surface area is 108 Å². The van der Waals surface area contributed by atoms with Gasteiger partial charge in [0.15, 0.2) is 0 Å². The van der Waals surface area contributed by atoms with E-state index in [4.69, 9.17) is 11.5 Å². The van der Waals surface area contributed by atoms with E-state index in [1.807, 2.05) is 30.3 Å². The lowest BCUT2D eigenvalue weighted by atomic mass is 9.94. The molecule has 2 aromatic carbocycles. The Morgan fingerprint density at radius 1 is 0.889 bits per heavy atom. The number of hydrogen-bond acceptors (Lipinski definition) is 2. The molecule has 92 valence electrons. The normalized spacial score (nSPS) is 10.3. The lowest BCUT2D eigenvalue weighted by Crippen LogP contribution is -2.01. The van der Waals surface area contributed by atoms with Crippen LogP contribution in [-0.2, 0) is 13.1 Å². The van der Waals surface area contributed by atoms with Crippen LogP contribution in [-0.4, -0.2) is 0 Å². The Hall–Kier alpha value is -1.90. The molecule has 2 nitrogen and oxygen atoms in total. The van der Waals surface area contributed by atoms with Crippen LogP contribution in [0.25, 0.3) is 5.57 Å². The summed E-state index contributed by atoms with van der Waals surface area (Å²) in [5.41, 5.74) is 16.8. The second-order valence-electron chi connectivity index (χ2n) is 4.24. The van der Waals surface area contributed by atoms with Crippen molar-refractivity contribution in [2.45, 2.75) is 13.1 Å². The Kier molecular flexibility index (Phi) is 3.92. The molecule has 0 aliphatic carbocycles. The molecular formula is C16H18N2. The highest BCUT2D eigenvalue weighted by atomic mass is 14.5. The van der Waals surface area contributed by atoms with E-state index in [-0.39, 0.29) is 0 Å². The van der Waals surface area contributed by atoms with Gasteiger partial charge < -0.3 is 11.5 Å². The molecule has 0 atom stereocenters. The van der Waals surface area contributed by atoms with E-state index in [1.54, 1.807) is 0 Å². The minimum Gasteiger partial charge on any atom is -0.326 e. The molecule has 2 aromatic rings. The molecule has 0 unspecified atom stereocenters. The standard InChI is InChI=1S/C16H18N2/c1-12(14-8-6-13(10-17)7-9-14)16-5-3-2-4-15(16)11-18/h2-9H,1,10-11,17-18H2. The van der Waals surface area contributed by atoms with Gasteiger partial charge in [0.1, 0.15) is 0 Å². The van der Waals surface area contributed by atoms with E-state index in [2.05, 4.69) is 24.8 Å². The van der Waals surface area contributed by atoms with Crippen LogP contribution in [0.5, 0.6) is 0 Å². The topological polar surface area (TPSA) is 52.0 Å². The van der Waals surface area contributed by atoms with Crippen molar-refractivity contribution < 1.29 is 0 Å². The van der Waals surface area contributed by atoms with Crippen molar-refractivity contribution in [1.82, 2.24) is 0 Å². The molecule has 4 N–H and O–H groups in total. The maximum atomic E-state index is 5.75. The van der Waals surface area contributed by atoms with Gasteiger partial charge in [-0.3, -0.25) is 0 Å². The number of rotatable bonds is 4. The third-order valence-corrected chi connectivity index (χ3v) is 3.10. The maximum Gasteiger partial charge on any atom is 0.0184 e. The molecule has 0 bridgehead atoms. The van der Waals surface area contributed by atoms with E-state index >= 15 is 0 Å². The Morgan fingerprint density at radius 2 is 1.56 bits per heavy atom. The zero-order valence-corrected chi connectivity index (χ0v) is 10.4. The Bertz CT molecular complexity index is 541. The van der Waals surface area contributed by atoms with Gasteiger partial charge in [0.05, 0.1) is 0 Å². The highest BCUT2D eigenvalue weighted by Gasteiger charge is 2.06. The molecule has 0 saturated carbocycles. The van der Waals surface area contributed by atoms with Crippen LogP contribution in [0.3, 0.4) is 0 Å². The zero-order valence-electron chi connectivity index (χ0n) is 10.4. The fraction of sp³-hybridized carbons (Fsp3) is 0.125. The molecule has 0 fully saturated rings. The second-order valence-corrected chi connectivity index (χ2v) is 4.24. The first kappa shape index (κ1) is 12.6. The first-order chi connectivity index (χ1) is 8.76. The minimum absolute atomic E-state index is 0.524. The van der Waals surface area contributed by atoms with Crippen molar-refractivity contribution >= 4 is 5.57 Å². The van der Waals surface area contributed by atoms with Gasteiger partial charge in [0, 0.05) is 13.1 Å². The van der Waals surface area contributed by atoms with Gasteiger partial charge in [0.25, 0.3) is 0 Å². The van der Waals surface area contributed by atoms with Gasteiger partial charge in [-0.25, -0.2) is 0 Å². The van der Waals surface area contributed by atoms with Crippen LogP contribution in [0, 0.1) is 0 Å². The molecule has 0 aliphatic heterocycles. The SMILES string of the molecule is C=C(c1ccc(CN)cc1)c1ccccc1CN. The van der Waals surface area contributed by atoms with Crippen molar-refractivity contribution in [1.29, 1.82) is 0 Å². The number of hydrogen-bond donors (Lipinski definition) is 2. The molecule has 2 heteroatoms. The molecule has 2 rings (SSSR count). The first-order valence-electron chi connectivity index (χ1n) is 6.03. The quantitative estimate of drug-likeness (QED) is 0.860. The lowest BCUT2D eigenvalue weighted by molar-refractivity contribution is 1.06. The smallest absolute Gasteiger partial charge is 0.0184 e. The number of nitrogens with two attached hydrogens (primary N) is 2. The molecular weight excluding hydrogens is 220 g/mol. The molecule has 0 spiro atoms.